The van der Waals surface area contributed by atoms with Crippen molar-refractivity contribution >= 4 is 21.4 Å². The molecular weight excluding hydrogens is 306 g/mol. The average molecular weight is 333 g/mol. The predicted octanol–water partition coefficient (Wildman–Crippen LogP) is 3.91. The van der Waals surface area contributed by atoms with Gasteiger partial charge in [0.05, 0.1) is 0 Å². The lowest BCUT2D eigenvalue weighted by Crippen LogP contribution is -2.43. The first kappa shape index (κ1) is 16.9. The fourth-order valence-corrected chi connectivity index (χ4v) is 4.88. The topological polar surface area (TPSA) is 41.5 Å². The Morgan fingerprint density at radius 2 is 2.22 bits per heavy atom. The predicted molar refractivity (Wildman–Crippen MR) is 97.0 cm³/mol. The number of nitrogens with one attached hydrogen (secondary N) is 1. The van der Waals surface area contributed by atoms with E-state index in [2.05, 4.69) is 35.6 Å². The van der Waals surface area contributed by atoms with E-state index >= 15 is 0 Å². The summed E-state index contributed by atoms with van der Waals surface area (Å²) in [6, 6.07) is 10.6. The van der Waals surface area contributed by atoms with Gasteiger partial charge in [0.1, 0.15) is 5.60 Å². The summed E-state index contributed by atoms with van der Waals surface area (Å²) in [7, 11) is 1.74. The van der Waals surface area contributed by atoms with Gasteiger partial charge in [-0.25, -0.2) is 0 Å². The second-order valence-corrected chi connectivity index (χ2v) is 7.65. The number of ether oxygens (including phenoxy) is 1. The summed E-state index contributed by atoms with van der Waals surface area (Å²) in [5, 5.41) is 16.3. The Bertz CT molecular complexity index is 588. The number of unbranched alkanes of at least 4 members (excludes halogenated alkanes) is 1. The maximum atomic E-state index is 11.6. The highest BCUT2D eigenvalue weighted by Crippen LogP contribution is 2.43. The number of thiophene rings is 1. The van der Waals surface area contributed by atoms with E-state index in [1.165, 1.54) is 10.1 Å². The Labute approximate surface area is 142 Å². The van der Waals surface area contributed by atoms with Crippen molar-refractivity contribution in [3.8, 4) is 0 Å². The molecule has 0 saturated carbocycles. The normalized spacial score (nSPS) is 21.4. The fourth-order valence-electron chi connectivity index (χ4n) is 3.62. The summed E-state index contributed by atoms with van der Waals surface area (Å²) in [4.78, 5) is 1.13. The number of hydrogen-bond acceptors (Lipinski definition) is 4. The van der Waals surface area contributed by atoms with Gasteiger partial charge in [-0.05, 0) is 56.2 Å². The third-order valence-corrected chi connectivity index (χ3v) is 6.26. The van der Waals surface area contributed by atoms with Crippen LogP contribution in [0.4, 0.5) is 0 Å². The molecule has 1 unspecified atom stereocenters. The number of piperidine rings is 1. The first-order chi connectivity index (χ1) is 11.2. The maximum absolute atomic E-state index is 11.6. The van der Waals surface area contributed by atoms with Crippen molar-refractivity contribution in [1.82, 2.24) is 5.32 Å². The monoisotopic (exact) mass is 333 g/mol. The van der Waals surface area contributed by atoms with Gasteiger partial charge in [0.2, 0.25) is 0 Å². The first-order valence-corrected chi connectivity index (χ1v) is 9.47. The minimum Gasteiger partial charge on any atom is -0.385 e. The van der Waals surface area contributed by atoms with Gasteiger partial charge in [0.15, 0.2) is 0 Å². The molecule has 1 aromatic heterocycles. The number of aliphatic hydroxyl groups is 1. The SMILES string of the molecule is COCCCC[C@@](O)(c1cc2ccccc2s1)C1CCCNC1. The van der Waals surface area contributed by atoms with Crippen molar-refractivity contribution in [3.63, 3.8) is 0 Å². The van der Waals surface area contributed by atoms with Crippen LogP contribution < -0.4 is 5.32 Å². The lowest BCUT2D eigenvalue weighted by atomic mass is 9.78. The minimum atomic E-state index is -0.717. The van der Waals surface area contributed by atoms with E-state index in [9.17, 15) is 5.11 Å². The van der Waals surface area contributed by atoms with Crippen LogP contribution in [0, 0.1) is 5.92 Å². The molecular formula is C19H27NO2S. The Morgan fingerprint density at radius 3 is 2.96 bits per heavy atom. The summed E-state index contributed by atoms with van der Waals surface area (Å²) in [5.74, 6) is 0.298. The second kappa shape index (κ2) is 7.75. The highest BCUT2D eigenvalue weighted by Gasteiger charge is 2.39. The summed E-state index contributed by atoms with van der Waals surface area (Å²) in [5.41, 5.74) is -0.717. The number of methoxy groups -OCH3 is 1. The van der Waals surface area contributed by atoms with Crippen molar-refractivity contribution in [2.75, 3.05) is 26.8 Å². The molecule has 3 nitrogen and oxygen atoms in total. The van der Waals surface area contributed by atoms with Gasteiger partial charge in [-0.3, -0.25) is 0 Å². The molecule has 2 atom stereocenters. The molecule has 126 valence electrons. The van der Waals surface area contributed by atoms with Gasteiger partial charge < -0.3 is 15.2 Å². The van der Waals surface area contributed by atoms with Crippen LogP contribution in [-0.2, 0) is 10.3 Å². The third-order valence-electron chi connectivity index (χ3n) is 4.98. The van der Waals surface area contributed by atoms with E-state index in [0.717, 1.165) is 56.7 Å². The lowest BCUT2D eigenvalue weighted by molar-refractivity contribution is -0.0402. The number of fused-ring (bicyclic) bond motifs is 1. The van der Waals surface area contributed by atoms with Crippen LogP contribution in [0.1, 0.15) is 37.0 Å². The van der Waals surface area contributed by atoms with Crippen molar-refractivity contribution in [3.05, 3.63) is 35.2 Å². The number of rotatable bonds is 7. The largest absolute Gasteiger partial charge is 0.385 e. The van der Waals surface area contributed by atoms with Crippen molar-refractivity contribution < 1.29 is 9.84 Å². The maximum Gasteiger partial charge on any atom is 0.103 e. The van der Waals surface area contributed by atoms with Crippen molar-refractivity contribution in [2.24, 2.45) is 5.92 Å². The third kappa shape index (κ3) is 3.77. The van der Waals surface area contributed by atoms with Gasteiger partial charge in [0, 0.05) is 35.8 Å². The molecule has 0 bridgehead atoms. The van der Waals surface area contributed by atoms with Crippen LogP contribution in [0.2, 0.25) is 0 Å². The molecule has 4 heteroatoms. The van der Waals surface area contributed by atoms with Crippen LogP contribution >= 0.6 is 11.3 Å². The first-order valence-electron chi connectivity index (χ1n) is 8.65. The van der Waals surface area contributed by atoms with Gasteiger partial charge >= 0.3 is 0 Å². The van der Waals surface area contributed by atoms with Crippen LogP contribution in [0.25, 0.3) is 10.1 Å². The van der Waals surface area contributed by atoms with E-state index in [4.69, 9.17) is 4.74 Å². The van der Waals surface area contributed by atoms with Gasteiger partial charge in [-0.2, -0.15) is 0 Å². The van der Waals surface area contributed by atoms with E-state index in [0.29, 0.717) is 5.92 Å². The lowest BCUT2D eigenvalue weighted by Gasteiger charge is -2.38. The van der Waals surface area contributed by atoms with Crippen molar-refractivity contribution in [2.45, 2.75) is 37.7 Å². The standard InChI is InChI=1S/C19H27NO2S/c1-22-12-5-4-10-19(21,16-8-6-11-20-14-16)18-13-15-7-2-3-9-17(15)23-18/h2-3,7,9,13,16,20-21H,4-6,8,10-12,14H2,1H3/t16?,19-/m0/s1. The number of benzene rings is 1. The summed E-state index contributed by atoms with van der Waals surface area (Å²) < 4.78 is 6.43. The van der Waals surface area contributed by atoms with E-state index in [1.54, 1.807) is 18.4 Å². The zero-order chi connectivity index (χ0) is 16.1. The van der Waals surface area contributed by atoms with Crippen LogP contribution in [0.5, 0.6) is 0 Å². The molecule has 2 N–H and O–H groups in total. The molecule has 1 aliphatic rings. The smallest absolute Gasteiger partial charge is 0.103 e. The molecule has 1 aliphatic heterocycles. The van der Waals surface area contributed by atoms with Gasteiger partial charge in [-0.15, -0.1) is 11.3 Å². The Kier molecular flexibility index (Phi) is 5.70. The molecule has 2 heterocycles. The summed E-state index contributed by atoms with van der Waals surface area (Å²) in [6.45, 7) is 2.75. The fraction of sp³-hybridized carbons (Fsp3) is 0.579. The van der Waals surface area contributed by atoms with E-state index in [1.807, 2.05) is 0 Å². The molecule has 0 spiro atoms. The minimum absolute atomic E-state index is 0.298. The van der Waals surface area contributed by atoms with Crippen LogP contribution in [0.15, 0.2) is 30.3 Å². The molecule has 0 aliphatic carbocycles. The molecule has 1 aromatic carbocycles. The second-order valence-electron chi connectivity index (χ2n) is 6.57. The molecule has 1 fully saturated rings. The van der Waals surface area contributed by atoms with Crippen molar-refractivity contribution in [1.29, 1.82) is 0 Å². The molecule has 1 saturated heterocycles. The van der Waals surface area contributed by atoms with Gasteiger partial charge in [-0.1, -0.05) is 18.2 Å². The molecule has 23 heavy (non-hydrogen) atoms. The Morgan fingerprint density at radius 1 is 1.35 bits per heavy atom. The molecule has 0 radical (unpaired) electrons. The summed E-state index contributed by atoms with van der Waals surface area (Å²) in [6.07, 6.45) is 5.06. The summed E-state index contributed by atoms with van der Waals surface area (Å²) >= 11 is 1.75. The quantitative estimate of drug-likeness (QED) is 0.755. The van der Waals surface area contributed by atoms with E-state index in [-0.39, 0.29) is 0 Å². The highest BCUT2D eigenvalue weighted by atomic mass is 32.1. The molecule has 3 rings (SSSR count). The molecule has 2 aromatic rings. The zero-order valence-corrected chi connectivity index (χ0v) is 14.7. The Balaban J connectivity index is 1.86. The van der Waals surface area contributed by atoms with Crippen LogP contribution in [0.3, 0.4) is 0 Å². The zero-order valence-electron chi connectivity index (χ0n) is 13.9. The van der Waals surface area contributed by atoms with Gasteiger partial charge in [0.25, 0.3) is 0 Å². The highest BCUT2D eigenvalue weighted by molar-refractivity contribution is 7.19. The number of hydrogen-bond donors (Lipinski definition) is 2. The molecule has 0 amide bonds. The van der Waals surface area contributed by atoms with Crippen LogP contribution in [-0.4, -0.2) is 31.9 Å². The average Bonchev–Trinajstić information content (AvgIpc) is 3.04. The Hall–Kier alpha value is -0.940. The van der Waals surface area contributed by atoms with E-state index < -0.39 is 5.60 Å².